The van der Waals surface area contributed by atoms with Gasteiger partial charge in [0.1, 0.15) is 17.7 Å². The number of carbonyl (C=O) groups excluding carboxylic acids is 3. The molecule has 8 nitrogen and oxygen atoms in total. The molecule has 0 aliphatic heterocycles. The van der Waals surface area contributed by atoms with Gasteiger partial charge in [0.25, 0.3) is 5.91 Å². The summed E-state index contributed by atoms with van der Waals surface area (Å²) in [5, 5.41) is 16.0. The molecule has 0 aromatic heterocycles. The van der Waals surface area contributed by atoms with Crippen molar-refractivity contribution in [2.75, 3.05) is 18.5 Å². The molecule has 0 saturated heterocycles. The van der Waals surface area contributed by atoms with E-state index in [2.05, 4.69) is 17.6 Å². The summed E-state index contributed by atoms with van der Waals surface area (Å²) in [4.78, 5) is 42.0. The van der Waals surface area contributed by atoms with Crippen molar-refractivity contribution < 1.29 is 24.2 Å². The zero-order valence-electron chi connectivity index (χ0n) is 25.3. The number of alkyl carbamates (subject to hydrolysis) is 1. The molecular formula is C32H46ClN3O5. The van der Waals surface area contributed by atoms with E-state index in [0.29, 0.717) is 22.7 Å². The number of nitrogens with one attached hydrogen (secondary N) is 2. The molecule has 0 aliphatic carbocycles. The van der Waals surface area contributed by atoms with Gasteiger partial charge in [0.05, 0.1) is 17.3 Å². The highest BCUT2D eigenvalue weighted by Crippen LogP contribution is 2.30. The van der Waals surface area contributed by atoms with Crippen molar-refractivity contribution in [3.63, 3.8) is 0 Å². The van der Waals surface area contributed by atoms with Crippen LogP contribution in [0.3, 0.4) is 0 Å². The highest BCUT2D eigenvalue weighted by Gasteiger charge is 2.36. The lowest BCUT2D eigenvalue weighted by atomic mass is 10.0. The number of aliphatic hydroxyl groups is 1. The molecule has 2 aromatic carbocycles. The molecule has 0 heterocycles. The van der Waals surface area contributed by atoms with Crippen LogP contribution >= 0.6 is 11.6 Å². The number of rotatable bonds is 14. The van der Waals surface area contributed by atoms with Crippen LogP contribution < -0.4 is 10.6 Å². The second-order valence-corrected chi connectivity index (χ2v) is 11.8. The monoisotopic (exact) mass is 587 g/mol. The topological polar surface area (TPSA) is 108 Å². The number of hydrogen-bond donors (Lipinski definition) is 3. The molecule has 226 valence electrons. The van der Waals surface area contributed by atoms with Crippen LogP contribution in [-0.2, 0) is 14.3 Å². The molecule has 2 aromatic rings. The summed E-state index contributed by atoms with van der Waals surface area (Å²) in [5.74, 6) is -1.03. The van der Waals surface area contributed by atoms with Crippen molar-refractivity contribution in [1.29, 1.82) is 0 Å². The molecule has 2 rings (SSSR count). The average Bonchev–Trinajstić information content (AvgIpc) is 2.90. The Kier molecular flexibility index (Phi) is 13.6. The van der Waals surface area contributed by atoms with Crippen LogP contribution in [-0.4, -0.2) is 52.7 Å². The third kappa shape index (κ3) is 11.0. The summed E-state index contributed by atoms with van der Waals surface area (Å²) < 4.78 is 5.32. The van der Waals surface area contributed by atoms with Crippen LogP contribution in [0.1, 0.15) is 89.0 Å². The summed E-state index contributed by atoms with van der Waals surface area (Å²) in [5.41, 5.74) is 2.06. The highest BCUT2D eigenvalue weighted by molar-refractivity contribution is 6.34. The molecule has 0 saturated carbocycles. The van der Waals surface area contributed by atoms with Crippen molar-refractivity contribution in [2.24, 2.45) is 0 Å². The van der Waals surface area contributed by atoms with Crippen molar-refractivity contribution in [1.82, 2.24) is 10.2 Å². The number of para-hydroxylation sites is 1. The van der Waals surface area contributed by atoms with Gasteiger partial charge in [0.2, 0.25) is 5.91 Å². The Bertz CT molecular complexity index is 1130. The molecular weight excluding hydrogens is 542 g/mol. The molecule has 0 radical (unpaired) electrons. The van der Waals surface area contributed by atoms with Gasteiger partial charge in [-0.2, -0.15) is 0 Å². The average molecular weight is 588 g/mol. The lowest BCUT2D eigenvalue weighted by Crippen LogP contribution is -2.54. The molecule has 3 amide bonds. The Morgan fingerprint density at radius 3 is 2.20 bits per heavy atom. The van der Waals surface area contributed by atoms with Crippen molar-refractivity contribution in [3.05, 3.63) is 64.2 Å². The number of anilines is 1. The van der Waals surface area contributed by atoms with Crippen molar-refractivity contribution in [3.8, 4) is 0 Å². The van der Waals surface area contributed by atoms with E-state index in [0.717, 1.165) is 43.2 Å². The van der Waals surface area contributed by atoms with Gasteiger partial charge < -0.3 is 25.4 Å². The molecule has 0 fully saturated rings. The van der Waals surface area contributed by atoms with Crippen LogP contribution in [0.5, 0.6) is 0 Å². The number of aliphatic hydroxyl groups excluding tert-OH is 1. The van der Waals surface area contributed by atoms with E-state index >= 15 is 0 Å². The largest absolute Gasteiger partial charge is 0.444 e. The van der Waals surface area contributed by atoms with E-state index in [1.54, 1.807) is 32.9 Å². The summed E-state index contributed by atoms with van der Waals surface area (Å²) in [7, 11) is 0. The van der Waals surface area contributed by atoms with Crippen LogP contribution in [0.25, 0.3) is 0 Å². The Hall–Kier alpha value is -3.10. The highest BCUT2D eigenvalue weighted by atomic mass is 35.5. The molecule has 41 heavy (non-hydrogen) atoms. The zero-order chi connectivity index (χ0) is 30.6. The van der Waals surface area contributed by atoms with E-state index < -0.39 is 42.2 Å². The fourth-order valence-electron chi connectivity index (χ4n) is 4.47. The fraction of sp³-hybridized carbons (Fsp3) is 0.531. The van der Waals surface area contributed by atoms with Crippen molar-refractivity contribution >= 4 is 35.2 Å². The number of nitrogens with zero attached hydrogens (tertiary/aromatic N) is 1. The predicted molar refractivity (Wildman–Crippen MR) is 164 cm³/mol. The number of hydrogen-bond acceptors (Lipinski definition) is 5. The fourth-order valence-corrected chi connectivity index (χ4v) is 4.74. The summed E-state index contributed by atoms with van der Waals surface area (Å²) in [6, 6.07) is 10.4. The number of ether oxygens (including phenoxy) is 1. The first kappa shape index (κ1) is 34.1. The second kappa shape index (κ2) is 16.4. The molecule has 0 bridgehead atoms. The van der Waals surface area contributed by atoms with Gasteiger partial charge in [-0.15, -0.1) is 0 Å². The van der Waals surface area contributed by atoms with Gasteiger partial charge in [0.15, 0.2) is 0 Å². The lowest BCUT2D eigenvalue weighted by molar-refractivity contribution is -0.141. The van der Waals surface area contributed by atoms with Crippen molar-refractivity contribution in [2.45, 2.75) is 97.8 Å². The van der Waals surface area contributed by atoms with E-state index in [9.17, 15) is 19.5 Å². The maximum absolute atomic E-state index is 14.0. The van der Waals surface area contributed by atoms with Gasteiger partial charge in [-0.05, 0) is 58.2 Å². The van der Waals surface area contributed by atoms with Crippen LogP contribution in [0.4, 0.5) is 10.5 Å². The summed E-state index contributed by atoms with van der Waals surface area (Å²) in [6.45, 7) is 10.7. The van der Waals surface area contributed by atoms with E-state index in [1.165, 1.54) is 4.90 Å². The second-order valence-electron chi connectivity index (χ2n) is 11.4. The van der Waals surface area contributed by atoms with Gasteiger partial charge in [-0.3, -0.25) is 9.59 Å². The molecule has 0 spiro atoms. The SMILES string of the molecule is CCCCCCCCN(C(=O)C(CO)NC(=O)OC(C)(C)C)C(C(=O)Nc1c(C)cccc1Cl)c1ccc(C)cc1. The third-order valence-corrected chi connectivity index (χ3v) is 6.95. The van der Waals surface area contributed by atoms with Gasteiger partial charge in [-0.25, -0.2) is 4.79 Å². The smallest absolute Gasteiger partial charge is 0.408 e. The Morgan fingerprint density at radius 1 is 0.976 bits per heavy atom. The van der Waals surface area contributed by atoms with Crippen LogP contribution in [0.15, 0.2) is 42.5 Å². The predicted octanol–water partition coefficient (Wildman–Crippen LogP) is 6.71. The lowest BCUT2D eigenvalue weighted by Gasteiger charge is -2.34. The standard InChI is InChI=1S/C32H46ClN3O5/c1-7-8-9-10-11-12-20-36(30(39)26(21-37)34-31(40)41-32(4,5)6)28(24-18-16-22(2)17-19-24)29(38)35-27-23(3)14-13-15-25(27)33/h13-19,26,28,37H,7-12,20-21H2,1-6H3,(H,34,40)(H,35,38). The Labute approximate surface area is 249 Å². The van der Waals surface area contributed by atoms with Crippen LogP contribution in [0, 0.1) is 13.8 Å². The zero-order valence-corrected chi connectivity index (χ0v) is 26.0. The quantitative estimate of drug-likeness (QED) is 0.213. The Balaban J connectivity index is 2.47. The van der Waals surface area contributed by atoms with Gasteiger partial charge >= 0.3 is 6.09 Å². The first-order valence-electron chi connectivity index (χ1n) is 14.4. The van der Waals surface area contributed by atoms with E-state index in [-0.39, 0.29) is 6.54 Å². The molecule has 3 N–H and O–H groups in total. The van der Waals surface area contributed by atoms with E-state index in [4.69, 9.17) is 16.3 Å². The molecule has 0 aliphatic rings. The van der Waals surface area contributed by atoms with Gasteiger partial charge in [-0.1, -0.05) is 92.6 Å². The number of benzene rings is 2. The summed E-state index contributed by atoms with van der Waals surface area (Å²) >= 11 is 6.42. The minimum atomic E-state index is -1.30. The maximum atomic E-state index is 14.0. The first-order valence-corrected chi connectivity index (χ1v) is 14.8. The van der Waals surface area contributed by atoms with E-state index in [1.807, 2.05) is 44.2 Å². The molecule has 2 unspecified atom stereocenters. The maximum Gasteiger partial charge on any atom is 0.408 e. The van der Waals surface area contributed by atoms with Gasteiger partial charge in [0, 0.05) is 6.54 Å². The minimum Gasteiger partial charge on any atom is -0.444 e. The number of carbonyl (C=O) groups is 3. The molecule has 9 heteroatoms. The third-order valence-electron chi connectivity index (χ3n) is 6.63. The molecule has 2 atom stereocenters. The number of halogens is 1. The number of aryl methyl sites for hydroxylation is 2. The normalized spacial score (nSPS) is 12.8. The van der Waals surface area contributed by atoms with Crippen LogP contribution in [0.2, 0.25) is 5.02 Å². The Morgan fingerprint density at radius 2 is 1.61 bits per heavy atom. The number of unbranched alkanes of at least 4 members (excludes halogenated alkanes) is 5. The summed E-state index contributed by atoms with van der Waals surface area (Å²) in [6.07, 6.45) is 5.07. The number of amides is 3. The first-order chi connectivity index (χ1) is 19.4. The minimum absolute atomic E-state index is 0.255.